The predicted octanol–water partition coefficient (Wildman–Crippen LogP) is 3.52. The van der Waals surface area contributed by atoms with Gasteiger partial charge in [0.2, 0.25) is 5.91 Å². The van der Waals surface area contributed by atoms with Gasteiger partial charge < -0.3 is 11.1 Å². The highest BCUT2D eigenvalue weighted by atomic mass is 16.1. The summed E-state index contributed by atoms with van der Waals surface area (Å²) in [5.74, 6) is 1.12. The normalized spacial score (nSPS) is 11.6. The van der Waals surface area contributed by atoms with Crippen molar-refractivity contribution in [2.75, 3.05) is 11.1 Å². The molecule has 0 radical (unpaired) electrons. The van der Waals surface area contributed by atoms with Crippen LogP contribution in [0.3, 0.4) is 0 Å². The van der Waals surface area contributed by atoms with E-state index in [1.54, 1.807) is 10.7 Å². The maximum absolute atomic E-state index is 11.8. The highest BCUT2D eigenvalue weighted by Crippen LogP contribution is 2.21. The monoisotopic (exact) mass is 280 g/mol. The van der Waals surface area contributed by atoms with E-state index in [0.29, 0.717) is 18.1 Å². The van der Waals surface area contributed by atoms with Gasteiger partial charge in [0.05, 0.1) is 5.54 Å². The Bertz CT molecular complexity index is 432. The van der Waals surface area contributed by atoms with Gasteiger partial charge in [-0.2, -0.15) is 5.10 Å². The molecule has 0 saturated heterocycles. The molecule has 0 fully saturated rings. The standard InChI is InChI=1S/C15H28N4O/c1-5-6-7-8-9-10-14(20)17-13-11-12(16)19(18-13)15(2,3)4/h11H,5-10,16H2,1-4H3,(H,17,18,20). The van der Waals surface area contributed by atoms with Crippen molar-refractivity contribution in [3.8, 4) is 0 Å². The van der Waals surface area contributed by atoms with E-state index in [1.165, 1.54) is 19.3 Å². The molecule has 0 spiro atoms. The van der Waals surface area contributed by atoms with Gasteiger partial charge in [-0.3, -0.25) is 4.79 Å². The van der Waals surface area contributed by atoms with E-state index >= 15 is 0 Å². The number of aromatic nitrogens is 2. The van der Waals surface area contributed by atoms with Gasteiger partial charge in [0.15, 0.2) is 5.82 Å². The summed E-state index contributed by atoms with van der Waals surface area (Å²) in [6.07, 6.45) is 6.26. The molecule has 1 rings (SSSR count). The molecular formula is C15H28N4O. The zero-order valence-corrected chi connectivity index (χ0v) is 13.2. The van der Waals surface area contributed by atoms with Gasteiger partial charge >= 0.3 is 0 Å². The number of nitrogens with one attached hydrogen (secondary N) is 1. The number of anilines is 2. The minimum atomic E-state index is -0.187. The molecule has 0 saturated carbocycles. The molecule has 0 aromatic carbocycles. The van der Waals surface area contributed by atoms with E-state index < -0.39 is 0 Å². The van der Waals surface area contributed by atoms with Crippen LogP contribution in [0.15, 0.2) is 6.07 Å². The van der Waals surface area contributed by atoms with E-state index in [0.717, 1.165) is 12.8 Å². The maximum Gasteiger partial charge on any atom is 0.225 e. The first kappa shape index (κ1) is 16.5. The Labute approximate surface area is 121 Å². The number of nitrogens with zero attached hydrogens (tertiary/aromatic N) is 2. The second-order valence-corrected chi connectivity index (χ2v) is 6.25. The Hall–Kier alpha value is -1.52. The first-order valence-corrected chi connectivity index (χ1v) is 7.50. The predicted molar refractivity (Wildman–Crippen MR) is 83.6 cm³/mol. The molecule has 0 bridgehead atoms. The lowest BCUT2D eigenvalue weighted by atomic mass is 10.1. The van der Waals surface area contributed by atoms with Crippen LogP contribution in [-0.4, -0.2) is 15.7 Å². The van der Waals surface area contributed by atoms with Gasteiger partial charge in [0, 0.05) is 12.5 Å². The summed E-state index contributed by atoms with van der Waals surface area (Å²) in [5.41, 5.74) is 5.72. The summed E-state index contributed by atoms with van der Waals surface area (Å²) < 4.78 is 1.73. The summed E-state index contributed by atoms with van der Waals surface area (Å²) in [6, 6.07) is 1.71. The second kappa shape index (κ2) is 7.31. The van der Waals surface area contributed by atoms with Crippen molar-refractivity contribution < 1.29 is 4.79 Å². The maximum atomic E-state index is 11.8. The van der Waals surface area contributed by atoms with E-state index in [2.05, 4.69) is 17.3 Å². The van der Waals surface area contributed by atoms with Crippen molar-refractivity contribution in [3.63, 3.8) is 0 Å². The molecule has 1 amide bonds. The first-order valence-electron chi connectivity index (χ1n) is 7.50. The summed E-state index contributed by atoms with van der Waals surface area (Å²) in [5, 5.41) is 7.15. The third-order valence-electron chi connectivity index (χ3n) is 3.15. The SMILES string of the molecule is CCCCCCCC(=O)Nc1cc(N)n(C(C)(C)C)n1. The number of nitrogens with two attached hydrogens (primary N) is 1. The van der Waals surface area contributed by atoms with Gasteiger partial charge in [-0.15, -0.1) is 0 Å². The zero-order valence-electron chi connectivity index (χ0n) is 13.2. The van der Waals surface area contributed by atoms with Crippen molar-refractivity contribution in [2.45, 2.75) is 71.8 Å². The molecule has 1 heterocycles. The van der Waals surface area contributed by atoms with Crippen molar-refractivity contribution >= 4 is 17.5 Å². The molecule has 114 valence electrons. The fourth-order valence-corrected chi connectivity index (χ4v) is 2.09. The number of amides is 1. The lowest BCUT2D eigenvalue weighted by Crippen LogP contribution is -2.25. The number of nitrogen functional groups attached to an aromatic ring is 1. The lowest BCUT2D eigenvalue weighted by Gasteiger charge is -2.20. The Morgan fingerprint density at radius 3 is 2.50 bits per heavy atom. The highest BCUT2D eigenvalue weighted by molar-refractivity contribution is 5.90. The fraction of sp³-hybridized carbons (Fsp3) is 0.733. The van der Waals surface area contributed by atoms with Crippen molar-refractivity contribution in [3.05, 3.63) is 6.07 Å². The van der Waals surface area contributed by atoms with Gasteiger partial charge in [0.25, 0.3) is 0 Å². The molecule has 3 N–H and O–H groups in total. The molecule has 0 aliphatic carbocycles. The molecule has 0 atom stereocenters. The number of carbonyl (C=O) groups excluding carboxylic acids is 1. The van der Waals surface area contributed by atoms with Gasteiger partial charge in [-0.1, -0.05) is 32.6 Å². The van der Waals surface area contributed by atoms with Crippen LogP contribution >= 0.6 is 0 Å². The minimum Gasteiger partial charge on any atom is -0.384 e. The Kier molecular flexibility index (Phi) is 6.05. The fourth-order valence-electron chi connectivity index (χ4n) is 2.09. The van der Waals surface area contributed by atoms with E-state index in [-0.39, 0.29) is 11.4 Å². The third-order valence-corrected chi connectivity index (χ3v) is 3.15. The molecule has 5 heteroatoms. The highest BCUT2D eigenvalue weighted by Gasteiger charge is 2.18. The van der Waals surface area contributed by atoms with Crippen LogP contribution < -0.4 is 11.1 Å². The number of rotatable bonds is 7. The van der Waals surface area contributed by atoms with Crippen LogP contribution in [-0.2, 0) is 10.3 Å². The van der Waals surface area contributed by atoms with Gasteiger partial charge in [-0.05, 0) is 27.2 Å². The molecule has 5 nitrogen and oxygen atoms in total. The van der Waals surface area contributed by atoms with Crippen molar-refractivity contribution in [2.24, 2.45) is 0 Å². The van der Waals surface area contributed by atoms with Crippen LogP contribution in [0.5, 0.6) is 0 Å². The topological polar surface area (TPSA) is 72.9 Å². The lowest BCUT2D eigenvalue weighted by molar-refractivity contribution is -0.116. The molecule has 1 aromatic heterocycles. The van der Waals surface area contributed by atoms with E-state index in [4.69, 9.17) is 5.73 Å². The van der Waals surface area contributed by atoms with Crippen LogP contribution in [0.25, 0.3) is 0 Å². The summed E-state index contributed by atoms with van der Waals surface area (Å²) >= 11 is 0. The van der Waals surface area contributed by atoms with Crippen LogP contribution in [0.1, 0.15) is 66.2 Å². The van der Waals surface area contributed by atoms with Crippen molar-refractivity contribution in [1.82, 2.24) is 9.78 Å². The average molecular weight is 280 g/mol. The molecule has 0 unspecified atom stereocenters. The van der Waals surface area contributed by atoms with Gasteiger partial charge in [0.1, 0.15) is 5.82 Å². The third kappa shape index (κ3) is 5.23. The second-order valence-electron chi connectivity index (χ2n) is 6.25. The average Bonchev–Trinajstić information content (AvgIpc) is 2.69. The zero-order chi connectivity index (χ0) is 15.2. The Morgan fingerprint density at radius 2 is 1.95 bits per heavy atom. The van der Waals surface area contributed by atoms with E-state index in [1.807, 2.05) is 20.8 Å². The Morgan fingerprint density at radius 1 is 1.30 bits per heavy atom. The molecule has 0 aliphatic rings. The molecule has 0 aliphatic heterocycles. The van der Waals surface area contributed by atoms with Crippen LogP contribution in [0, 0.1) is 0 Å². The molecule has 20 heavy (non-hydrogen) atoms. The summed E-state index contributed by atoms with van der Waals surface area (Å²) in [7, 11) is 0. The van der Waals surface area contributed by atoms with Crippen LogP contribution in [0.4, 0.5) is 11.6 Å². The Balaban J connectivity index is 2.43. The number of unbranched alkanes of at least 4 members (excludes halogenated alkanes) is 4. The van der Waals surface area contributed by atoms with Crippen molar-refractivity contribution in [1.29, 1.82) is 0 Å². The van der Waals surface area contributed by atoms with E-state index in [9.17, 15) is 4.79 Å². The number of hydrogen-bond donors (Lipinski definition) is 2. The minimum absolute atomic E-state index is 0.0139. The quantitative estimate of drug-likeness (QED) is 0.750. The van der Waals surface area contributed by atoms with Gasteiger partial charge in [-0.25, -0.2) is 4.68 Å². The molecule has 1 aromatic rings. The molecular weight excluding hydrogens is 252 g/mol. The smallest absolute Gasteiger partial charge is 0.225 e. The largest absolute Gasteiger partial charge is 0.384 e. The van der Waals surface area contributed by atoms with Crippen LogP contribution in [0.2, 0.25) is 0 Å². The number of carbonyl (C=O) groups is 1. The summed E-state index contributed by atoms with van der Waals surface area (Å²) in [6.45, 7) is 8.25. The number of hydrogen-bond acceptors (Lipinski definition) is 3. The summed E-state index contributed by atoms with van der Waals surface area (Å²) in [4.78, 5) is 11.8. The first-order chi connectivity index (χ1) is 9.34.